The molecule has 1 fully saturated rings. The lowest BCUT2D eigenvalue weighted by atomic mass is 10.00. The number of carbonyl (C=O) groups is 2. The number of anilines is 2. The standard InChI is InChI=1S/C24H29N3O2/c1-17(24(29)26(2)15-18-6-4-3-5-7-18)25-21-11-12-22-20(14-21)10-13-23(28)27(22)16-19-8-9-19/h3-7,11-12,14,17,19,25H,8-10,13,15-16H2,1-2H3. The van der Waals surface area contributed by atoms with Gasteiger partial charge in [0.15, 0.2) is 0 Å². The van der Waals surface area contributed by atoms with E-state index in [4.69, 9.17) is 0 Å². The van der Waals surface area contributed by atoms with Gasteiger partial charge in [-0.1, -0.05) is 30.3 Å². The number of hydrogen-bond donors (Lipinski definition) is 1. The van der Waals surface area contributed by atoms with Crippen molar-refractivity contribution in [2.45, 2.75) is 45.2 Å². The van der Waals surface area contributed by atoms with E-state index in [9.17, 15) is 9.59 Å². The van der Waals surface area contributed by atoms with Crippen molar-refractivity contribution in [3.63, 3.8) is 0 Å². The van der Waals surface area contributed by atoms with Crippen molar-refractivity contribution in [3.8, 4) is 0 Å². The van der Waals surface area contributed by atoms with E-state index in [-0.39, 0.29) is 17.9 Å². The third-order valence-corrected chi connectivity index (χ3v) is 5.81. The van der Waals surface area contributed by atoms with Crippen LogP contribution in [0.25, 0.3) is 0 Å². The summed E-state index contributed by atoms with van der Waals surface area (Å²) in [5.41, 5.74) is 4.27. The number of nitrogens with one attached hydrogen (secondary N) is 1. The van der Waals surface area contributed by atoms with E-state index in [0.717, 1.165) is 29.9 Å². The number of amides is 2. The van der Waals surface area contributed by atoms with Gasteiger partial charge in [0.2, 0.25) is 11.8 Å². The summed E-state index contributed by atoms with van der Waals surface area (Å²) in [6.45, 7) is 3.33. The van der Waals surface area contributed by atoms with Crippen molar-refractivity contribution >= 4 is 23.2 Å². The first-order valence-corrected chi connectivity index (χ1v) is 10.5. The highest BCUT2D eigenvalue weighted by atomic mass is 16.2. The number of fused-ring (bicyclic) bond motifs is 1. The van der Waals surface area contributed by atoms with Crippen molar-refractivity contribution in [2.24, 2.45) is 5.92 Å². The Balaban J connectivity index is 1.41. The van der Waals surface area contributed by atoms with E-state index in [2.05, 4.69) is 11.4 Å². The second-order valence-electron chi connectivity index (χ2n) is 8.34. The maximum atomic E-state index is 12.8. The highest BCUT2D eigenvalue weighted by Crippen LogP contribution is 2.36. The Kier molecular flexibility index (Phi) is 5.56. The molecule has 1 aliphatic heterocycles. The summed E-state index contributed by atoms with van der Waals surface area (Å²) in [4.78, 5) is 28.8. The molecule has 0 radical (unpaired) electrons. The smallest absolute Gasteiger partial charge is 0.244 e. The minimum absolute atomic E-state index is 0.0529. The average Bonchev–Trinajstić information content (AvgIpc) is 3.54. The highest BCUT2D eigenvalue weighted by molar-refractivity contribution is 5.97. The van der Waals surface area contributed by atoms with Crippen molar-refractivity contribution < 1.29 is 9.59 Å². The molecule has 5 heteroatoms. The molecule has 2 amide bonds. The van der Waals surface area contributed by atoms with Gasteiger partial charge in [0, 0.05) is 37.9 Å². The summed E-state index contributed by atoms with van der Waals surface area (Å²) in [5.74, 6) is 0.953. The number of nitrogens with zero attached hydrogens (tertiary/aromatic N) is 2. The third-order valence-electron chi connectivity index (χ3n) is 5.81. The van der Waals surface area contributed by atoms with Gasteiger partial charge in [0.05, 0.1) is 0 Å². The summed E-state index contributed by atoms with van der Waals surface area (Å²) in [7, 11) is 1.84. The van der Waals surface area contributed by atoms with Crippen molar-refractivity contribution in [3.05, 3.63) is 59.7 Å². The number of carbonyl (C=O) groups excluding carboxylic acids is 2. The Bertz CT molecular complexity index is 892. The largest absolute Gasteiger partial charge is 0.374 e. The van der Waals surface area contributed by atoms with E-state index >= 15 is 0 Å². The molecule has 0 spiro atoms. The Morgan fingerprint density at radius 2 is 1.93 bits per heavy atom. The van der Waals surface area contributed by atoms with Crippen LogP contribution in [-0.4, -0.2) is 36.3 Å². The molecule has 152 valence electrons. The summed E-state index contributed by atoms with van der Waals surface area (Å²) in [6.07, 6.45) is 3.79. The van der Waals surface area contributed by atoms with Gasteiger partial charge in [0.1, 0.15) is 6.04 Å². The van der Waals surface area contributed by atoms with Crippen LogP contribution in [0.2, 0.25) is 0 Å². The minimum Gasteiger partial charge on any atom is -0.374 e. The zero-order chi connectivity index (χ0) is 20.4. The molecule has 4 rings (SSSR count). The first-order chi connectivity index (χ1) is 14.0. The van der Waals surface area contributed by atoms with Crippen LogP contribution in [0.1, 0.15) is 37.3 Å². The Hall–Kier alpha value is -2.82. The predicted octanol–water partition coefficient (Wildman–Crippen LogP) is 3.83. The molecular weight excluding hydrogens is 362 g/mol. The zero-order valence-corrected chi connectivity index (χ0v) is 17.2. The van der Waals surface area contributed by atoms with Gasteiger partial charge in [-0.15, -0.1) is 0 Å². The molecule has 0 aromatic heterocycles. The summed E-state index contributed by atoms with van der Waals surface area (Å²) < 4.78 is 0. The third kappa shape index (κ3) is 4.61. The predicted molar refractivity (Wildman–Crippen MR) is 116 cm³/mol. The van der Waals surface area contributed by atoms with E-state index in [0.29, 0.717) is 18.9 Å². The fourth-order valence-corrected chi connectivity index (χ4v) is 3.99. The van der Waals surface area contributed by atoms with Gasteiger partial charge < -0.3 is 15.1 Å². The minimum atomic E-state index is -0.324. The Labute approximate surface area is 172 Å². The summed E-state index contributed by atoms with van der Waals surface area (Å²) >= 11 is 0. The van der Waals surface area contributed by atoms with Gasteiger partial charge >= 0.3 is 0 Å². The Morgan fingerprint density at radius 1 is 1.17 bits per heavy atom. The second kappa shape index (κ2) is 8.27. The summed E-state index contributed by atoms with van der Waals surface area (Å²) in [5, 5.41) is 3.34. The van der Waals surface area contributed by atoms with Crippen molar-refractivity contribution in [1.29, 1.82) is 0 Å². The summed E-state index contributed by atoms with van der Waals surface area (Å²) in [6, 6.07) is 15.8. The van der Waals surface area contributed by atoms with E-state index in [1.54, 1.807) is 4.90 Å². The number of hydrogen-bond acceptors (Lipinski definition) is 3. The molecule has 0 saturated heterocycles. The quantitative estimate of drug-likeness (QED) is 0.780. The van der Waals surface area contributed by atoms with Crippen LogP contribution in [-0.2, 0) is 22.6 Å². The SMILES string of the molecule is CC(Nc1ccc2c(c1)CCC(=O)N2CC1CC1)C(=O)N(C)Cc1ccccc1. The van der Waals surface area contributed by atoms with Crippen LogP contribution in [0.4, 0.5) is 11.4 Å². The number of rotatable bonds is 7. The molecular formula is C24H29N3O2. The van der Waals surface area contributed by atoms with E-state index < -0.39 is 0 Å². The molecule has 2 aromatic rings. The van der Waals surface area contributed by atoms with E-state index in [1.165, 1.54) is 18.4 Å². The average molecular weight is 392 g/mol. The molecule has 2 aromatic carbocycles. The molecule has 1 aliphatic carbocycles. The van der Waals surface area contributed by atoms with Gasteiger partial charge in [-0.2, -0.15) is 0 Å². The lowest BCUT2D eigenvalue weighted by molar-refractivity contribution is -0.130. The molecule has 5 nitrogen and oxygen atoms in total. The van der Waals surface area contributed by atoms with Gasteiger partial charge in [-0.3, -0.25) is 9.59 Å². The first-order valence-electron chi connectivity index (χ1n) is 10.5. The van der Waals surface area contributed by atoms with Gasteiger partial charge in [-0.05, 0) is 61.4 Å². The number of likely N-dealkylation sites (N-methyl/N-ethyl adjacent to an activating group) is 1. The zero-order valence-electron chi connectivity index (χ0n) is 17.2. The van der Waals surface area contributed by atoms with Crippen LogP contribution in [0.15, 0.2) is 48.5 Å². The molecule has 2 aliphatic rings. The fourth-order valence-electron chi connectivity index (χ4n) is 3.99. The maximum Gasteiger partial charge on any atom is 0.244 e. The highest BCUT2D eigenvalue weighted by Gasteiger charge is 2.31. The van der Waals surface area contributed by atoms with Gasteiger partial charge in [0.25, 0.3) is 0 Å². The van der Waals surface area contributed by atoms with Crippen molar-refractivity contribution in [2.75, 3.05) is 23.8 Å². The normalized spacial score (nSPS) is 16.9. The Morgan fingerprint density at radius 3 is 2.66 bits per heavy atom. The van der Waals surface area contributed by atoms with Crippen LogP contribution in [0, 0.1) is 5.92 Å². The number of benzene rings is 2. The van der Waals surface area contributed by atoms with Crippen LogP contribution < -0.4 is 10.2 Å². The topological polar surface area (TPSA) is 52.7 Å². The van der Waals surface area contributed by atoms with Crippen LogP contribution in [0.3, 0.4) is 0 Å². The molecule has 0 bridgehead atoms. The molecule has 1 atom stereocenters. The van der Waals surface area contributed by atoms with Crippen LogP contribution >= 0.6 is 0 Å². The lowest BCUT2D eigenvalue weighted by Crippen LogP contribution is -2.39. The maximum absolute atomic E-state index is 12.8. The number of aryl methyl sites for hydroxylation is 1. The van der Waals surface area contributed by atoms with Gasteiger partial charge in [-0.25, -0.2) is 0 Å². The molecule has 29 heavy (non-hydrogen) atoms. The first kappa shape index (κ1) is 19.5. The molecule has 1 saturated carbocycles. The second-order valence-corrected chi connectivity index (χ2v) is 8.34. The molecule has 1 N–H and O–H groups in total. The lowest BCUT2D eigenvalue weighted by Gasteiger charge is -2.30. The van der Waals surface area contributed by atoms with E-state index in [1.807, 2.05) is 61.3 Å². The van der Waals surface area contributed by atoms with Crippen molar-refractivity contribution in [1.82, 2.24) is 4.90 Å². The molecule has 1 unspecified atom stereocenters. The molecule has 1 heterocycles. The monoisotopic (exact) mass is 391 g/mol. The van der Waals surface area contributed by atoms with Crippen LogP contribution in [0.5, 0.6) is 0 Å². The fraction of sp³-hybridized carbons (Fsp3) is 0.417.